The fraction of sp³-hybridized carbons (Fsp3) is 0.364. The molecule has 2 N–H and O–H groups in total. The van der Waals surface area contributed by atoms with Gasteiger partial charge >= 0.3 is 5.97 Å². The summed E-state index contributed by atoms with van der Waals surface area (Å²) in [5, 5.41) is 11.6. The Morgan fingerprint density at radius 1 is 1.33 bits per heavy atom. The second-order valence-corrected chi connectivity index (χ2v) is 4.79. The molecule has 0 bridgehead atoms. The van der Waals surface area contributed by atoms with Crippen molar-refractivity contribution in [2.75, 3.05) is 0 Å². The number of carbonyl (C=O) groups is 2. The Kier molecular flexibility index (Phi) is 4.93. The van der Waals surface area contributed by atoms with Crippen LogP contribution in [-0.4, -0.2) is 28.0 Å². The first kappa shape index (κ1) is 14.7. The van der Waals surface area contributed by atoms with Crippen molar-refractivity contribution in [3.05, 3.63) is 28.0 Å². The van der Waals surface area contributed by atoms with Crippen molar-refractivity contribution in [2.24, 2.45) is 5.92 Å². The number of carbonyl (C=O) groups excluding carboxylic acids is 1. The minimum Gasteiger partial charge on any atom is -0.480 e. The SMILES string of the molecule is CC(C)C(NC(=O)c1nc(Cl)ccc1Cl)C(=O)O. The van der Waals surface area contributed by atoms with Crippen LogP contribution >= 0.6 is 23.2 Å². The third-order valence-corrected chi connectivity index (χ3v) is 2.76. The molecule has 7 heteroatoms. The molecule has 0 saturated heterocycles. The molecule has 0 spiro atoms. The number of halogens is 2. The number of aliphatic carboxylic acids is 1. The summed E-state index contributed by atoms with van der Waals surface area (Å²) >= 11 is 11.5. The van der Waals surface area contributed by atoms with Crippen molar-refractivity contribution < 1.29 is 14.7 Å². The predicted octanol–water partition coefficient (Wildman–Crippen LogP) is 2.23. The Morgan fingerprint density at radius 3 is 2.44 bits per heavy atom. The second-order valence-electron chi connectivity index (χ2n) is 4.00. The van der Waals surface area contributed by atoms with Crippen LogP contribution in [0.4, 0.5) is 0 Å². The van der Waals surface area contributed by atoms with Gasteiger partial charge in [-0.25, -0.2) is 9.78 Å². The average Bonchev–Trinajstić information content (AvgIpc) is 2.28. The molecule has 1 unspecified atom stereocenters. The van der Waals surface area contributed by atoms with Crippen molar-refractivity contribution in [3.63, 3.8) is 0 Å². The first-order valence-electron chi connectivity index (χ1n) is 5.18. The first-order valence-corrected chi connectivity index (χ1v) is 5.94. The summed E-state index contributed by atoms with van der Waals surface area (Å²) in [6.45, 7) is 3.37. The van der Waals surface area contributed by atoms with E-state index in [1.54, 1.807) is 13.8 Å². The van der Waals surface area contributed by atoms with Crippen molar-refractivity contribution in [1.29, 1.82) is 0 Å². The molecule has 1 aromatic rings. The molecular formula is C11H12Cl2N2O3. The van der Waals surface area contributed by atoms with Gasteiger partial charge in [-0.3, -0.25) is 4.79 Å². The van der Waals surface area contributed by atoms with Gasteiger partial charge in [-0.2, -0.15) is 0 Å². The molecule has 18 heavy (non-hydrogen) atoms. The number of hydrogen-bond acceptors (Lipinski definition) is 3. The van der Waals surface area contributed by atoms with Gasteiger partial charge in [0.2, 0.25) is 0 Å². The Bertz CT molecular complexity index is 477. The van der Waals surface area contributed by atoms with Crippen molar-refractivity contribution in [2.45, 2.75) is 19.9 Å². The molecule has 5 nitrogen and oxygen atoms in total. The number of pyridine rings is 1. The molecular weight excluding hydrogens is 279 g/mol. The highest BCUT2D eigenvalue weighted by Gasteiger charge is 2.25. The van der Waals surface area contributed by atoms with E-state index in [2.05, 4.69) is 10.3 Å². The lowest BCUT2D eigenvalue weighted by Crippen LogP contribution is -2.44. The van der Waals surface area contributed by atoms with E-state index in [9.17, 15) is 9.59 Å². The molecule has 1 rings (SSSR count). The predicted molar refractivity (Wildman–Crippen MR) is 68.0 cm³/mol. The summed E-state index contributed by atoms with van der Waals surface area (Å²) in [5.74, 6) is -2.04. The molecule has 0 aliphatic heterocycles. The Hall–Kier alpha value is -1.33. The van der Waals surface area contributed by atoms with Gasteiger partial charge in [-0.15, -0.1) is 0 Å². The Labute approximate surface area is 114 Å². The van der Waals surface area contributed by atoms with Gasteiger partial charge in [0.25, 0.3) is 5.91 Å². The fourth-order valence-electron chi connectivity index (χ4n) is 1.30. The minimum absolute atomic E-state index is 0.0870. The maximum absolute atomic E-state index is 11.9. The number of rotatable bonds is 4. The standard InChI is InChI=1S/C11H12Cl2N2O3/c1-5(2)8(11(17)18)15-10(16)9-6(12)3-4-7(13)14-9/h3-5,8H,1-2H3,(H,15,16)(H,17,18). The van der Waals surface area contributed by atoms with Crippen molar-refractivity contribution in [1.82, 2.24) is 10.3 Å². The van der Waals surface area contributed by atoms with Crippen LogP contribution in [0.15, 0.2) is 12.1 Å². The summed E-state index contributed by atoms with van der Waals surface area (Å²) in [7, 11) is 0. The zero-order chi connectivity index (χ0) is 13.9. The normalized spacial score (nSPS) is 12.3. The summed E-state index contributed by atoms with van der Waals surface area (Å²) in [4.78, 5) is 26.6. The number of carboxylic acid groups (broad SMARTS) is 1. The highest BCUT2D eigenvalue weighted by Crippen LogP contribution is 2.17. The molecule has 0 aliphatic carbocycles. The lowest BCUT2D eigenvalue weighted by atomic mass is 10.0. The maximum atomic E-state index is 11.9. The van der Waals surface area contributed by atoms with Crippen LogP contribution in [-0.2, 0) is 4.79 Å². The van der Waals surface area contributed by atoms with Crippen LogP contribution in [0.25, 0.3) is 0 Å². The van der Waals surface area contributed by atoms with Gasteiger partial charge in [0.1, 0.15) is 16.9 Å². The van der Waals surface area contributed by atoms with Crippen LogP contribution < -0.4 is 5.32 Å². The van der Waals surface area contributed by atoms with Gasteiger partial charge in [-0.1, -0.05) is 37.0 Å². The monoisotopic (exact) mass is 290 g/mol. The first-order chi connectivity index (χ1) is 8.32. The average molecular weight is 291 g/mol. The molecule has 98 valence electrons. The minimum atomic E-state index is -1.11. The van der Waals surface area contributed by atoms with E-state index < -0.39 is 17.9 Å². The summed E-state index contributed by atoms with van der Waals surface area (Å²) in [6, 6.07) is 1.86. The van der Waals surface area contributed by atoms with E-state index in [0.717, 1.165) is 0 Å². The van der Waals surface area contributed by atoms with Crippen LogP contribution in [0.1, 0.15) is 24.3 Å². The maximum Gasteiger partial charge on any atom is 0.326 e. The third-order valence-electron chi connectivity index (χ3n) is 2.25. The third kappa shape index (κ3) is 3.58. The lowest BCUT2D eigenvalue weighted by molar-refractivity contribution is -0.140. The number of amides is 1. The molecule has 0 fully saturated rings. The second kappa shape index (κ2) is 6.02. The number of aromatic nitrogens is 1. The Morgan fingerprint density at radius 2 is 1.94 bits per heavy atom. The van der Waals surface area contributed by atoms with Crippen LogP contribution in [0.2, 0.25) is 10.2 Å². The van der Waals surface area contributed by atoms with E-state index in [1.807, 2.05) is 0 Å². The number of hydrogen-bond donors (Lipinski definition) is 2. The van der Waals surface area contributed by atoms with Gasteiger partial charge in [-0.05, 0) is 18.1 Å². The van der Waals surface area contributed by atoms with Crippen LogP contribution in [0.5, 0.6) is 0 Å². The molecule has 1 amide bonds. The van der Waals surface area contributed by atoms with E-state index in [0.29, 0.717) is 0 Å². The number of carboxylic acids is 1. The highest BCUT2D eigenvalue weighted by molar-refractivity contribution is 6.34. The summed E-state index contributed by atoms with van der Waals surface area (Å²) in [6.07, 6.45) is 0. The number of nitrogens with zero attached hydrogens (tertiary/aromatic N) is 1. The van der Waals surface area contributed by atoms with E-state index in [1.165, 1.54) is 12.1 Å². The van der Waals surface area contributed by atoms with Crippen molar-refractivity contribution in [3.8, 4) is 0 Å². The Balaban J connectivity index is 2.94. The zero-order valence-corrected chi connectivity index (χ0v) is 11.3. The number of nitrogens with one attached hydrogen (secondary N) is 1. The molecule has 0 aromatic carbocycles. The highest BCUT2D eigenvalue weighted by atomic mass is 35.5. The quantitative estimate of drug-likeness (QED) is 0.834. The van der Waals surface area contributed by atoms with Gasteiger partial charge in [0, 0.05) is 0 Å². The lowest BCUT2D eigenvalue weighted by Gasteiger charge is -2.17. The molecule has 1 aromatic heterocycles. The largest absolute Gasteiger partial charge is 0.480 e. The van der Waals surface area contributed by atoms with E-state index in [-0.39, 0.29) is 21.8 Å². The molecule has 1 heterocycles. The van der Waals surface area contributed by atoms with Gasteiger partial charge < -0.3 is 10.4 Å². The van der Waals surface area contributed by atoms with Crippen LogP contribution in [0.3, 0.4) is 0 Å². The molecule has 0 aliphatic rings. The van der Waals surface area contributed by atoms with Gasteiger partial charge in [0.05, 0.1) is 5.02 Å². The molecule has 0 radical (unpaired) electrons. The molecule has 1 atom stereocenters. The van der Waals surface area contributed by atoms with E-state index >= 15 is 0 Å². The van der Waals surface area contributed by atoms with Crippen LogP contribution in [0, 0.1) is 5.92 Å². The van der Waals surface area contributed by atoms with E-state index in [4.69, 9.17) is 28.3 Å². The smallest absolute Gasteiger partial charge is 0.326 e. The summed E-state index contributed by atoms with van der Waals surface area (Å²) in [5.41, 5.74) is -0.0870. The van der Waals surface area contributed by atoms with Crippen molar-refractivity contribution >= 4 is 35.1 Å². The van der Waals surface area contributed by atoms with Gasteiger partial charge in [0.15, 0.2) is 0 Å². The zero-order valence-electron chi connectivity index (χ0n) is 9.78. The fourth-order valence-corrected chi connectivity index (χ4v) is 1.64. The summed E-state index contributed by atoms with van der Waals surface area (Å²) < 4.78 is 0. The molecule has 0 saturated carbocycles. The topological polar surface area (TPSA) is 79.3 Å².